The predicted octanol–water partition coefficient (Wildman–Crippen LogP) is 4.96. The van der Waals surface area contributed by atoms with Crippen molar-refractivity contribution in [2.45, 2.75) is 32.0 Å². The molecule has 0 amide bonds. The first kappa shape index (κ1) is 26.5. The minimum absolute atomic E-state index is 0.00816. The Morgan fingerprint density at radius 3 is 2.26 bits per heavy atom. The van der Waals surface area contributed by atoms with E-state index >= 15 is 0 Å². The fourth-order valence-electron chi connectivity index (χ4n) is 5.37. The van der Waals surface area contributed by atoms with Crippen molar-refractivity contribution in [1.82, 2.24) is 0 Å². The predicted molar refractivity (Wildman–Crippen MR) is 142 cm³/mol. The summed E-state index contributed by atoms with van der Waals surface area (Å²) in [6.07, 6.45) is -0.709. The maximum Gasteiger partial charge on any atom is 0.338 e. The average molecular weight is 537 g/mol. The van der Waals surface area contributed by atoms with E-state index in [0.29, 0.717) is 63.2 Å². The summed E-state index contributed by atoms with van der Waals surface area (Å²) in [6, 6.07) is 12.3. The molecule has 3 unspecified atom stereocenters. The van der Waals surface area contributed by atoms with Crippen molar-refractivity contribution >= 4 is 5.97 Å². The number of hydrogen-bond donors (Lipinski definition) is 1. The molecular formula is C30H32O9. The standard InChI is InChI=1S/C30H32O9/c1-16-12-18-13-20(33-3)24(34-4)26(35-5)22(18)23-19(14-21-25(27(23)36-6)38-15-37-21)28(30(16,2)32)39-29(31)17-10-8-7-9-11-17/h7-11,13-14,16,28,32H,12,15H2,1-6H3. The molecule has 0 fully saturated rings. The molecule has 39 heavy (non-hydrogen) atoms. The molecule has 3 aromatic carbocycles. The first-order chi connectivity index (χ1) is 18.8. The van der Waals surface area contributed by atoms with Crippen LogP contribution >= 0.6 is 0 Å². The van der Waals surface area contributed by atoms with Crippen LogP contribution in [0.15, 0.2) is 42.5 Å². The van der Waals surface area contributed by atoms with Crippen LogP contribution in [0.4, 0.5) is 0 Å². The lowest BCUT2D eigenvalue weighted by molar-refractivity contribution is -0.107. The molecule has 0 aromatic heterocycles. The van der Waals surface area contributed by atoms with Crippen molar-refractivity contribution in [3.05, 3.63) is 59.2 Å². The second-order valence-corrected chi connectivity index (χ2v) is 9.77. The third-order valence-corrected chi connectivity index (χ3v) is 7.59. The second kappa shape index (κ2) is 10.2. The Morgan fingerprint density at radius 1 is 0.923 bits per heavy atom. The van der Waals surface area contributed by atoms with Gasteiger partial charge in [-0.15, -0.1) is 0 Å². The molecule has 1 aliphatic heterocycles. The summed E-state index contributed by atoms with van der Waals surface area (Å²) in [7, 11) is 6.15. The lowest BCUT2D eigenvalue weighted by Crippen LogP contribution is -2.43. The Labute approximate surface area is 227 Å². The fraction of sp³-hybridized carbons (Fsp3) is 0.367. The number of hydrogen-bond acceptors (Lipinski definition) is 9. The average Bonchev–Trinajstić information content (AvgIpc) is 3.42. The van der Waals surface area contributed by atoms with Crippen LogP contribution in [0, 0.1) is 5.92 Å². The summed E-state index contributed by atoms with van der Waals surface area (Å²) >= 11 is 0. The second-order valence-electron chi connectivity index (χ2n) is 9.77. The van der Waals surface area contributed by atoms with Crippen molar-refractivity contribution in [2.24, 2.45) is 5.92 Å². The van der Waals surface area contributed by atoms with Crippen LogP contribution in [0.3, 0.4) is 0 Å². The summed E-state index contributed by atoms with van der Waals surface area (Å²) < 4.78 is 40.8. The molecule has 0 radical (unpaired) electrons. The highest BCUT2D eigenvalue weighted by atomic mass is 16.7. The van der Waals surface area contributed by atoms with Crippen molar-refractivity contribution in [1.29, 1.82) is 0 Å². The van der Waals surface area contributed by atoms with Gasteiger partial charge in [-0.2, -0.15) is 0 Å². The largest absolute Gasteiger partial charge is 0.493 e. The van der Waals surface area contributed by atoms with E-state index < -0.39 is 17.7 Å². The first-order valence-electron chi connectivity index (χ1n) is 12.6. The SMILES string of the molecule is COc1cc2c(c(OC)c1OC)-c1c(cc3c(c1OC)OCO3)C(OC(=O)c1ccccc1)C(C)(O)C(C)C2. The highest BCUT2D eigenvalue weighted by Gasteiger charge is 2.47. The van der Waals surface area contributed by atoms with Crippen LogP contribution in [0.5, 0.6) is 34.5 Å². The van der Waals surface area contributed by atoms with Crippen molar-refractivity contribution in [3.63, 3.8) is 0 Å². The lowest BCUT2D eigenvalue weighted by atomic mass is 9.73. The van der Waals surface area contributed by atoms with E-state index in [4.69, 9.17) is 33.2 Å². The summed E-state index contributed by atoms with van der Waals surface area (Å²) in [4.78, 5) is 13.4. The number of ether oxygens (including phenoxy) is 7. The van der Waals surface area contributed by atoms with E-state index in [2.05, 4.69) is 0 Å². The number of benzene rings is 3. The summed E-state index contributed by atoms with van der Waals surface area (Å²) in [6.45, 7) is 3.57. The molecule has 9 heteroatoms. The zero-order chi connectivity index (χ0) is 27.9. The summed E-state index contributed by atoms with van der Waals surface area (Å²) in [5.41, 5.74) is 1.35. The minimum Gasteiger partial charge on any atom is -0.493 e. The van der Waals surface area contributed by atoms with Gasteiger partial charge in [0.15, 0.2) is 29.1 Å². The Balaban J connectivity index is 1.86. The van der Waals surface area contributed by atoms with Crippen LogP contribution < -0.4 is 28.4 Å². The number of carbonyl (C=O) groups excluding carboxylic acids is 1. The topological polar surface area (TPSA) is 102 Å². The zero-order valence-electron chi connectivity index (χ0n) is 22.8. The molecule has 206 valence electrons. The van der Waals surface area contributed by atoms with Gasteiger partial charge in [0.25, 0.3) is 0 Å². The van der Waals surface area contributed by atoms with Gasteiger partial charge in [0.1, 0.15) is 5.60 Å². The molecule has 3 atom stereocenters. The first-order valence-corrected chi connectivity index (χ1v) is 12.6. The quantitative estimate of drug-likeness (QED) is 0.438. The molecule has 1 aliphatic carbocycles. The van der Waals surface area contributed by atoms with Crippen LogP contribution in [0.1, 0.15) is 41.4 Å². The Bertz CT molecular complexity index is 1400. The molecule has 1 heterocycles. The van der Waals surface area contributed by atoms with Gasteiger partial charge in [-0.05, 0) is 49.1 Å². The van der Waals surface area contributed by atoms with E-state index in [1.165, 1.54) is 14.2 Å². The molecule has 0 saturated carbocycles. The van der Waals surface area contributed by atoms with Gasteiger partial charge in [0.2, 0.25) is 18.3 Å². The summed E-state index contributed by atoms with van der Waals surface area (Å²) in [5.74, 6) is 1.51. The number of fused-ring (bicyclic) bond motifs is 4. The fourth-order valence-corrected chi connectivity index (χ4v) is 5.37. The molecule has 0 bridgehead atoms. The van der Waals surface area contributed by atoms with Crippen LogP contribution in [0.2, 0.25) is 0 Å². The lowest BCUT2D eigenvalue weighted by Gasteiger charge is -2.41. The number of methoxy groups -OCH3 is 4. The number of aliphatic hydroxyl groups is 1. The van der Waals surface area contributed by atoms with Gasteiger partial charge in [-0.1, -0.05) is 25.1 Å². The van der Waals surface area contributed by atoms with Gasteiger partial charge in [-0.3, -0.25) is 0 Å². The van der Waals surface area contributed by atoms with Crippen molar-refractivity contribution in [2.75, 3.05) is 35.2 Å². The van der Waals surface area contributed by atoms with Gasteiger partial charge in [0, 0.05) is 16.7 Å². The van der Waals surface area contributed by atoms with Crippen LogP contribution in [-0.4, -0.2) is 51.9 Å². The smallest absolute Gasteiger partial charge is 0.338 e. The molecule has 0 saturated heterocycles. The number of esters is 1. The maximum absolute atomic E-state index is 13.4. The van der Waals surface area contributed by atoms with Crippen molar-refractivity contribution in [3.8, 4) is 45.6 Å². The van der Waals surface area contributed by atoms with E-state index in [1.807, 2.05) is 19.1 Å². The zero-order valence-corrected chi connectivity index (χ0v) is 22.8. The maximum atomic E-state index is 13.4. The number of rotatable bonds is 6. The van der Waals surface area contributed by atoms with Crippen LogP contribution in [-0.2, 0) is 11.2 Å². The third-order valence-electron chi connectivity index (χ3n) is 7.59. The highest BCUT2D eigenvalue weighted by Crippen LogP contribution is 2.59. The van der Waals surface area contributed by atoms with Gasteiger partial charge in [0.05, 0.1) is 34.0 Å². The van der Waals surface area contributed by atoms with Gasteiger partial charge >= 0.3 is 5.97 Å². The molecule has 1 N–H and O–H groups in total. The van der Waals surface area contributed by atoms with E-state index in [9.17, 15) is 9.90 Å². The minimum atomic E-state index is -1.50. The highest BCUT2D eigenvalue weighted by molar-refractivity contribution is 5.91. The van der Waals surface area contributed by atoms with E-state index in [0.717, 1.165) is 5.56 Å². The van der Waals surface area contributed by atoms with Crippen molar-refractivity contribution < 1.29 is 43.1 Å². The molecule has 5 rings (SSSR count). The van der Waals surface area contributed by atoms with Gasteiger partial charge in [-0.25, -0.2) is 4.79 Å². The normalized spacial score (nSPS) is 21.1. The molecule has 3 aromatic rings. The Hall–Kier alpha value is -4.11. The molecular weight excluding hydrogens is 504 g/mol. The molecule has 0 spiro atoms. The van der Waals surface area contributed by atoms with Gasteiger partial charge < -0.3 is 38.3 Å². The monoisotopic (exact) mass is 536 g/mol. The number of carbonyl (C=O) groups is 1. The third kappa shape index (κ3) is 4.27. The van der Waals surface area contributed by atoms with Crippen LogP contribution in [0.25, 0.3) is 11.1 Å². The Morgan fingerprint density at radius 2 is 1.62 bits per heavy atom. The molecule has 9 nitrogen and oxygen atoms in total. The molecule has 2 aliphatic rings. The Kier molecular flexibility index (Phi) is 6.94. The summed E-state index contributed by atoms with van der Waals surface area (Å²) in [5, 5.41) is 12.1. The van der Waals surface area contributed by atoms with E-state index in [1.54, 1.807) is 51.5 Å². The van der Waals surface area contributed by atoms with E-state index in [-0.39, 0.29) is 12.7 Å².